The van der Waals surface area contributed by atoms with Crippen LogP contribution in [0.4, 0.5) is 0 Å². The summed E-state index contributed by atoms with van der Waals surface area (Å²) in [6, 6.07) is 7.52. The zero-order valence-electron chi connectivity index (χ0n) is 11.3. The number of methoxy groups -OCH3 is 1. The fraction of sp³-hybridized carbons (Fsp3) is 0.533. The molecule has 100 valence electrons. The molecule has 0 bridgehead atoms. The summed E-state index contributed by atoms with van der Waals surface area (Å²) in [7, 11) is 1.38. The number of aliphatic hydroxyl groups is 1. The van der Waals surface area contributed by atoms with Crippen molar-refractivity contribution in [3.63, 3.8) is 0 Å². The lowest BCUT2D eigenvalue weighted by atomic mass is 9.92. The molecule has 0 radical (unpaired) electrons. The number of carbonyl (C=O) groups excluding carboxylic acids is 1. The van der Waals surface area contributed by atoms with E-state index in [2.05, 4.69) is 18.6 Å². The molecule has 1 aromatic carbocycles. The average molecular weight is 250 g/mol. The van der Waals surface area contributed by atoms with E-state index in [4.69, 9.17) is 5.11 Å². The Balaban J connectivity index is 2.55. The van der Waals surface area contributed by atoms with Crippen molar-refractivity contribution in [2.24, 2.45) is 11.8 Å². The number of aliphatic hydroxyl groups excluding tert-OH is 1. The first-order valence-corrected chi connectivity index (χ1v) is 6.35. The van der Waals surface area contributed by atoms with Crippen LogP contribution >= 0.6 is 0 Å². The standard InChI is InChI=1S/C15H22O3/c1-11(8-12(2)10-16)9-13-4-6-14(7-5-13)15(17)18-3/h4-7,11-12,16H,8-10H2,1-3H3. The van der Waals surface area contributed by atoms with E-state index >= 15 is 0 Å². The Hall–Kier alpha value is -1.35. The van der Waals surface area contributed by atoms with Gasteiger partial charge >= 0.3 is 5.97 Å². The first-order chi connectivity index (χ1) is 8.56. The highest BCUT2D eigenvalue weighted by Crippen LogP contribution is 2.17. The highest BCUT2D eigenvalue weighted by Gasteiger charge is 2.10. The molecule has 1 N–H and O–H groups in total. The second-order valence-electron chi connectivity index (χ2n) is 5.02. The minimum Gasteiger partial charge on any atom is -0.465 e. The maximum absolute atomic E-state index is 11.3. The molecule has 1 rings (SSSR count). The molecule has 18 heavy (non-hydrogen) atoms. The molecule has 0 aromatic heterocycles. The summed E-state index contributed by atoms with van der Waals surface area (Å²) in [5.41, 5.74) is 1.79. The Kier molecular flexibility index (Phi) is 5.86. The second-order valence-corrected chi connectivity index (χ2v) is 5.02. The van der Waals surface area contributed by atoms with E-state index in [1.165, 1.54) is 12.7 Å². The number of hydrogen-bond donors (Lipinski definition) is 1. The first kappa shape index (κ1) is 14.7. The lowest BCUT2D eigenvalue weighted by Crippen LogP contribution is -2.09. The van der Waals surface area contributed by atoms with Gasteiger partial charge < -0.3 is 9.84 Å². The largest absolute Gasteiger partial charge is 0.465 e. The average Bonchev–Trinajstić information content (AvgIpc) is 2.38. The zero-order valence-corrected chi connectivity index (χ0v) is 11.3. The maximum atomic E-state index is 11.3. The van der Waals surface area contributed by atoms with Crippen LogP contribution in [0.3, 0.4) is 0 Å². The van der Waals surface area contributed by atoms with Gasteiger partial charge in [-0.2, -0.15) is 0 Å². The van der Waals surface area contributed by atoms with Gasteiger partial charge in [0.15, 0.2) is 0 Å². The number of ether oxygens (including phenoxy) is 1. The number of rotatable bonds is 6. The van der Waals surface area contributed by atoms with Crippen LogP contribution in [0.25, 0.3) is 0 Å². The van der Waals surface area contributed by atoms with Crippen LogP contribution in [0.2, 0.25) is 0 Å². The van der Waals surface area contributed by atoms with Crippen molar-refractivity contribution in [1.82, 2.24) is 0 Å². The summed E-state index contributed by atoms with van der Waals surface area (Å²) in [5, 5.41) is 9.02. The fourth-order valence-electron chi connectivity index (χ4n) is 2.14. The van der Waals surface area contributed by atoms with Crippen molar-refractivity contribution < 1.29 is 14.6 Å². The molecule has 0 amide bonds. The Morgan fingerprint density at radius 1 is 1.22 bits per heavy atom. The highest BCUT2D eigenvalue weighted by atomic mass is 16.5. The van der Waals surface area contributed by atoms with Crippen LogP contribution in [0, 0.1) is 11.8 Å². The van der Waals surface area contributed by atoms with Gasteiger partial charge in [0, 0.05) is 6.61 Å². The molecule has 1 aromatic rings. The molecule has 0 heterocycles. The molecule has 0 saturated heterocycles. The third-order valence-corrected chi connectivity index (χ3v) is 3.08. The number of hydrogen-bond acceptors (Lipinski definition) is 3. The molecule has 2 unspecified atom stereocenters. The van der Waals surface area contributed by atoms with Gasteiger partial charge in [-0.15, -0.1) is 0 Å². The van der Waals surface area contributed by atoms with Gasteiger partial charge in [-0.05, 0) is 42.4 Å². The van der Waals surface area contributed by atoms with E-state index < -0.39 is 0 Å². The SMILES string of the molecule is COC(=O)c1ccc(CC(C)CC(C)CO)cc1. The van der Waals surface area contributed by atoms with Gasteiger partial charge in [0.2, 0.25) is 0 Å². The summed E-state index contributed by atoms with van der Waals surface area (Å²) in [6.07, 6.45) is 1.97. The van der Waals surface area contributed by atoms with Gasteiger partial charge in [-0.1, -0.05) is 26.0 Å². The Morgan fingerprint density at radius 2 is 1.83 bits per heavy atom. The van der Waals surface area contributed by atoms with Crippen molar-refractivity contribution in [3.05, 3.63) is 35.4 Å². The van der Waals surface area contributed by atoms with Crippen molar-refractivity contribution in [3.8, 4) is 0 Å². The summed E-state index contributed by atoms with van der Waals surface area (Å²) in [6.45, 7) is 4.48. The number of esters is 1. The quantitative estimate of drug-likeness (QED) is 0.790. The van der Waals surface area contributed by atoms with Gasteiger partial charge in [0.05, 0.1) is 12.7 Å². The Morgan fingerprint density at radius 3 is 2.33 bits per heavy atom. The summed E-state index contributed by atoms with van der Waals surface area (Å²) in [5.74, 6) is 0.564. The minimum atomic E-state index is -0.302. The van der Waals surface area contributed by atoms with Crippen LogP contribution < -0.4 is 0 Å². The van der Waals surface area contributed by atoms with Gasteiger partial charge in [-0.3, -0.25) is 0 Å². The molecular weight excluding hydrogens is 228 g/mol. The van der Waals surface area contributed by atoms with E-state index in [0.717, 1.165) is 12.8 Å². The van der Waals surface area contributed by atoms with Gasteiger partial charge in [-0.25, -0.2) is 4.79 Å². The molecule has 0 saturated carbocycles. The van der Waals surface area contributed by atoms with E-state index in [0.29, 0.717) is 17.4 Å². The third kappa shape index (κ3) is 4.49. The van der Waals surface area contributed by atoms with Crippen LogP contribution in [0.1, 0.15) is 36.2 Å². The summed E-state index contributed by atoms with van der Waals surface area (Å²) < 4.78 is 4.66. The third-order valence-electron chi connectivity index (χ3n) is 3.08. The van der Waals surface area contributed by atoms with Crippen molar-refractivity contribution in [2.75, 3.05) is 13.7 Å². The highest BCUT2D eigenvalue weighted by molar-refractivity contribution is 5.89. The van der Waals surface area contributed by atoms with Crippen molar-refractivity contribution in [2.45, 2.75) is 26.7 Å². The van der Waals surface area contributed by atoms with E-state index in [1.54, 1.807) is 12.1 Å². The van der Waals surface area contributed by atoms with E-state index in [9.17, 15) is 4.79 Å². The number of carbonyl (C=O) groups is 1. The molecular formula is C15H22O3. The Labute approximate surface area is 109 Å². The normalized spacial score (nSPS) is 14.0. The van der Waals surface area contributed by atoms with Crippen molar-refractivity contribution >= 4 is 5.97 Å². The summed E-state index contributed by atoms with van der Waals surface area (Å²) in [4.78, 5) is 11.3. The smallest absolute Gasteiger partial charge is 0.337 e. The monoisotopic (exact) mass is 250 g/mol. The predicted molar refractivity (Wildman–Crippen MR) is 71.5 cm³/mol. The lowest BCUT2D eigenvalue weighted by molar-refractivity contribution is 0.0600. The molecule has 0 fully saturated rings. The first-order valence-electron chi connectivity index (χ1n) is 6.35. The molecule has 0 aliphatic carbocycles. The second kappa shape index (κ2) is 7.17. The predicted octanol–water partition coefficient (Wildman–Crippen LogP) is 2.67. The lowest BCUT2D eigenvalue weighted by Gasteiger charge is -2.15. The molecule has 0 aliphatic heterocycles. The van der Waals surface area contributed by atoms with Gasteiger partial charge in [0.1, 0.15) is 0 Å². The zero-order chi connectivity index (χ0) is 13.5. The molecule has 0 aliphatic rings. The number of benzene rings is 1. The molecule has 0 spiro atoms. The van der Waals surface area contributed by atoms with Crippen LogP contribution in [-0.2, 0) is 11.2 Å². The summed E-state index contributed by atoms with van der Waals surface area (Å²) >= 11 is 0. The maximum Gasteiger partial charge on any atom is 0.337 e. The molecule has 3 heteroatoms. The van der Waals surface area contributed by atoms with E-state index in [-0.39, 0.29) is 12.6 Å². The fourth-order valence-corrected chi connectivity index (χ4v) is 2.14. The van der Waals surface area contributed by atoms with Crippen molar-refractivity contribution in [1.29, 1.82) is 0 Å². The van der Waals surface area contributed by atoms with Gasteiger partial charge in [0.25, 0.3) is 0 Å². The van der Waals surface area contributed by atoms with Crippen LogP contribution in [0.5, 0.6) is 0 Å². The topological polar surface area (TPSA) is 46.5 Å². The van der Waals surface area contributed by atoms with E-state index in [1.807, 2.05) is 12.1 Å². The van der Waals surface area contributed by atoms with Crippen LogP contribution in [0.15, 0.2) is 24.3 Å². The molecule has 3 nitrogen and oxygen atoms in total. The Bertz CT molecular complexity index is 370. The molecule has 2 atom stereocenters. The van der Waals surface area contributed by atoms with Crippen LogP contribution in [-0.4, -0.2) is 24.8 Å². The minimum absolute atomic E-state index is 0.242.